The van der Waals surface area contributed by atoms with Crippen molar-refractivity contribution in [1.29, 1.82) is 0 Å². The van der Waals surface area contributed by atoms with Crippen LogP contribution in [0.4, 0.5) is 4.39 Å². The van der Waals surface area contributed by atoms with Crippen LogP contribution in [-0.2, 0) is 0 Å². The lowest BCUT2D eigenvalue weighted by atomic mass is 9.80. The van der Waals surface area contributed by atoms with Crippen molar-refractivity contribution in [2.45, 2.75) is 32.4 Å². The molecule has 1 heterocycles. The van der Waals surface area contributed by atoms with E-state index in [2.05, 4.69) is 4.90 Å². The van der Waals surface area contributed by atoms with Gasteiger partial charge in [0.15, 0.2) is 0 Å². The summed E-state index contributed by atoms with van der Waals surface area (Å²) in [5.41, 5.74) is -0.683. The second-order valence-electron chi connectivity index (χ2n) is 6.69. The van der Waals surface area contributed by atoms with Gasteiger partial charge in [-0.2, -0.15) is 0 Å². The molecule has 122 valence electrons. The molecule has 0 amide bonds. The lowest BCUT2D eigenvalue weighted by Crippen LogP contribution is -2.41. The Morgan fingerprint density at radius 3 is 2.32 bits per heavy atom. The molecule has 0 unspecified atom stereocenters. The van der Waals surface area contributed by atoms with Gasteiger partial charge in [-0.25, -0.2) is 4.39 Å². The smallest absolute Gasteiger partial charge is 0.488 e. The number of nitrogens with zero attached hydrogens (tertiary/aromatic N) is 1. The van der Waals surface area contributed by atoms with Gasteiger partial charge in [-0.3, -0.25) is 0 Å². The van der Waals surface area contributed by atoms with E-state index in [-0.39, 0.29) is 0 Å². The Labute approximate surface area is 132 Å². The molecule has 0 saturated carbocycles. The van der Waals surface area contributed by atoms with Crippen molar-refractivity contribution < 1.29 is 19.2 Å². The minimum Gasteiger partial charge on any atom is -0.493 e. The number of rotatable bonds is 6. The normalized spacial score (nSPS) is 17.5. The fourth-order valence-electron chi connectivity index (χ4n) is 2.79. The number of halogens is 1. The number of piperidine rings is 1. The number of hydrogen-bond acceptors (Lipinski definition) is 4. The van der Waals surface area contributed by atoms with Crippen molar-refractivity contribution in [3.63, 3.8) is 0 Å². The van der Waals surface area contributed by atoms with Crippen molar-refractivity contribution in [1.82, 2.24) is 4.90 Å². The number of ether oxygens (including phenoxy) is 1. The quantitative estimate of drug-likeness (QED) is 0.776. The molecular weight excluding hydrogens is 284 g/mol. The van der Waals surface area contributed by atoms with E-state index in [4.69, 9.17) is 14.8 Å². The molecule has 4 nitrogen and oxygen atoms in total. The molecule has 1 fully saturated rings. The minimum atomic E-state index is -1.45. The zero-order chi connectivity index (χ0) is 16.2. The van der Waals surface area contributed by atoms with Crippen molar-refractivity contribution >= 4 is 12.6 Å². The van der Waals surface area contributed by atoms with E-state index in [1.807, 2.05) is 0 Å². The zero-order valence-electron chi connectivity index (χ0n) is 13.3. The standard InChI is InChI=1S/C16H25BFNO3/c1-16(2,18)12-19-9-7-13(8-10-19)11-22-15-5-3-14(4-6-15)17(20)21/h3-6,13,20-21H,7-12H2,1-2H3. The third-order valence-electron chi connectivity index (χ3n) is 3.97. The average Bonchev–Trinajstić information content (AvgIpc) is 2.45. The van der Waals surface area contributed by atoms with E-state index >= 15 is 0 Å². The van der Waals surface area contributed by atoms with Gasteiger partial charge in [-0.15, -0.1) is 0 Å². The van der Waals surface area contributed by atoms with Gasteiger partial charge in [-0.1, -0.05) is 12.1 Å². The van der Waals surface area contributed by atoms with Crippen LogP contribution < -0.4 is 10.2 Å². The van der Waals surface area contributed by atoms with Gasteiger partial charge < -0.3 is 19.7 Å². The highest BCUT2D eigenvalue weighted by Gasteiger charge is 2.25. The first-order valence-corrected chi connectivity index (χ1v) is 7.84. The van der Waals surface area contributed by atoms with Crippen LogP contribution in [0.1, 0.15) is 26.7 Å². The van der Waals surface area contributed by atoms with Gasteiger partial charge >= 0.3 is 7.12 Å². The third kappa shape index (κ3) is 5.59. The summed E-state index contributed by atoms with van der Waals surface area (Å²) in [5, 5.41) is 18.1. The summed E-state index contributed by atoms with van der Waals surface area (Å²) in [6.07, 6.45) is 2.03. The van der Waals surface area contributed by atoms with E-state index < -0.39 is 12.8 Å². The largest absolute Gasteiger partial charge is 0.493 e. The minimum absolute atomic E-state index is 0.453. The fourth-order valence-corrected chi connectivity index (χ4v) is 2.79. The Hall–Kier alpha value is -1.11. The summed E-state index contributed by atoms with van der Waals surface area (Å²) < 4.78 is 19.4. The van der Waals surface area contributed by atoms with E-state index in [1.165, 1.54) is 0 Å². The summed E-state index contributed by atoms with van der Waals surface area (Å²) in [6.45, 7) is 6.21. The van der Waals surface area contributed by atoms with Gasteiger partial charge in [0.1, 0.15) is 11.4 Å². The molecular formula is C16H25BFNO3. The van der Waals surface area contributed by atoms with Gasteiger partial charge in [-0.05, 0) is 63.3 Å². The molecule has 0 aliphatic carbocycles. The van der Waals surface area contributed by atoms with Crippen LogP contribution in [0, 0.1) is 5.92 Å². The predicted octanol–water partition coefficient (Wildman–Crippen LogP) is 1.21. The van der Waals surface area contributed by atoms with Crippen LogP contribution in [0.2, 0.25) is 0 Å². The molecule has 1 aliphatic rings. The van der Waals surface area contributed by atoms with Crippen LogP contribution in [0.15, 0.2) is 24.3 Å². The Kier molecular flexibility index (Phi) is 5.84. The number of benzene rings is 1. The first-order valence-electron chi connectivity index (χ1n) is 7.84. The maximum absolute atomic E-state index is 13.6. The molecule has 0 radical (unpaired) electrons. The lowest BCUT2D eigenvalue weighted by molar-refractivity contribution is 0.0836. The maximum atomic E-state index is 13.6. The van der Waals surface area contributed by atoms with Gasteiger partial charge in [0.2, 0.25) is 0 Å². The van der Waals surface area contributed by atoms with Crippen LogP contribution in [0.3, 0.4) is 0 Å². The van der Waals surface area contributed by atoms with E-state index in [0.29, 0.717) is 24.5 Å². The topological polar surface area (TPSA) is 52.9 Å². The molecule has 0 bridgehead atoms. The molecule has 1 aromatic rings. The van der Waals surface area contributed by atoms with Crippen molar-refractivity contribution in [3.05, 3.63) is 24.3 Å². The summed E-state index contributed by atoms with van der Waals surface area (Å²) in [5.74, 6) is 1.22. The molecule has 2 N–H and O–H groups in total. The molecule has 1 aromatic carbocycles. The van der Waals surface area contributed by atoms with Crippen LogP contribution in [0.25, 0.3) is 0 Å². The highest BCUT2D eigenvalue weighted by atomic mass is 19.1. The first kappa shape index (κ1) is 17.3. The summed E-state index contributed by atoms with van der Waals surface area (Å²) >= 11 is 0. The molecule has 0 spiro atoms. The molecule has 0 atom stereocenters. The van der Waals surface area contributed by atoms with E-state index in [1.54, 1.807) is 38.1 Å². The molecule has 1 aliphatic heterocycles. The second kappa shape index (κ2) is 7.44. The highest BCUT2D eigenvalue weighted by molar-refractivity contribution is 6.58. The summed E-state index contributed by atoms with van der Waals surface area (Å²) in [7, 11) is -1.45. The summed E-state index contributed by atoms with van der Waals surface area (Å²) in [6, 6.07) is 6.78. The molecule has 1 saturated heterocycles. The van der Waals surface area contributed by atoms with Gasteiger partial charge in [0.05, 0.1) is 6.61 Å². The predicted molar refractivity (Wildman–Crippen MR) is 86.1 cm³/mol. The SMILES string of the molecule is CC(C)(F)CN1CCC(COc2ccc(B(O)O)cc2)CC1. The summed E-state index contributed by atoms with van der Waals surface area (Å²) in [4.78, 5) is 2.17. The Balaban J connectivity index is 1.72. The first-order chi connectivity index (χ1) is 10.3. The van der Waals surface area contributed by atoms with E-state index in [9.17, 15) is 4.39 Å². The fraction of sp³-hybridized carbons (Fsp3) is 0.625. The molecule has 2 rings (SSSR count). The molecule has 6 heteroatoms. The lowest BCUT2D eigenvalue weighted by Gasteiger charge is -2.34. The van der Waals surface area contributed by atoms with Crippen molar-refractivity contribution in [2.24, 2.45) is 5.92 Å². The van der Waals surface area contributed by atoms with Crippen molar-refractivity contribution in [3.8, 4) is 5.75 Å². The van der Waals surface area contributed by atoms with E-state index in [0.717, 1.165) is 31.7 Å². The number of hydrogen-bond donors (Lipinski definition) is 2. The third-order valence-corrected chi connectivity index (χ3v) is 3.97. The maximum Gasteiger partial charge on any atom is 0.488 e. The van der Waals surface area contributed by atoms with Crippen LogP contribution in [0.5, 0.6) is 5.75 Å². The monoisotopic (exact) mass is 309 g/mol. The Morgan fingerprint density at radius 2 is 1.82 bits per heavy atom. The number of likely N-dealkylation sites (tertiary alicyclic amines) is 1. The molecule has 0 aromatic heterocycles. The van der Waals surface area contributed by atoms with Crippen molar-refractivity contribution in [2.75, 3.05) is 26.2 Å². The number of alkyl halides is 1. The van der Waals surface area contributed by atoms with Crippen LogP contribution >= 0.6 is 0 Å². The molecule has 22 heavy (non-hydrogen) atoms. The zero-order valence-corrected chi connectivity index (χ0v) is 13.3. The average molecular weight is 309 g/mol. The highest BCUT2D eigenvalue weighted by Crippen LogP contribution is 2.21. The Morgan fingerprint density at radius 1 is 1.23 bits per heavy atom. The van der Waals surface area contributed by atoms with Gasteiger partial charge in [0, 0.05) is 6.54 Å². The van der Waals surface area contributed by atoms with Crippen LogP contribution in [-0.4, -0.2) is 54.0 Å². The Bertz CT molecular complexity index is 453. The van der Waals surface area contributed by atoms with Gasteiger partial charge in [0.25, 0.3) is 0 Å². The second-order valence-corrected chi connectivity index (χ2v) is 6.69.